The molecule has 0 aliphatic carbocycles. The van der Waals surface area contributed by atoms with Gasteiger partial charge in [-0.3, -0.25) is 14.4 Å². The number of amides is 1. The first-order valence-electron chi connectivity index (χ1n) is 10.8. The molecule has 0 radical (unpaired) electrons. The van der Waals surface area contributed by atoms with Gasteiger partial charge in [0.2, 0.25) is 0 Å². The number of aryl methyl sites for hydroxylation is 3. The summed E-state index contributed by atoms with van der Waals surface area (Å²) in [6.07, 6.45) is 4.04. The number of rotatable bonds is 7. The van der Waals surface area contributed by atoms with Crippen LogP contribution in [0.3, 0.4) is 0 Å². The molecule has 7 heteroatoms. The third-order valence-electron chi connectivity index (χ3n) is 5.67. The van der Waals surface area contributed by atoms with Gasteiger partial charge in [0.05, 0.1) is 11.1 Å². The summed E-state index contributed by atoms with van der Waals surface area (Å²) in [5.74, 6) is 1.02. The van der Waals surface area contributed by atoms with Crippen molar-refractivity contribution in [3.05, 3.63) is 69.2 Å². The van der Waals surface area contributed by atoms with Crippen molar-refractivity contribution in [3.8, 4) is 5.75 Å². The highest BCUT2D eigenvalue weighted by Gasteiger charge is 2.23. The maximum Gasteiger partial charge on any atom is 0.264 e. The third kappa shape index (κ3) is 5.35. The van der Waals surface area contributed by atoms with Crippen LogP contribution in [0.1, 0.15) is 38.8 Å². The molecule has 31 heavy (non-hydrogen) atoms. The van der Waals surface area contributed by atoms with E-state index in [0.29, 0.717) is 6.61 Å². The fourth-order valence-electron chi connectivity index (χ4n) is 3.87. The molecular formula is C24H30N4O2S. The number of aromatic nitrogens is 2. The smallest absolute Gasteiger partial charge is 0.264 e. The van der Waals surface area contributed by atoms with Gasteiger partial charge < -0.3 is 9.64 Å². The van der Waals surface area contributed by atoms with Crippen LogP contribution in [0.15, 0.2) is 42.0 Å². The Kier molecular flexibility index (Phi) is 6.73. The van der Waals surface area contributed by atoms with Gasteiger partial charge in [0.1, 0.15) is 12.4 Å². The summed E-state index contributed by atoms with van der Waals surface area (Å²) >= 11 is 1.51. The van der Waals surface area contributed by atoms with E-state index in [1.54, 1.807) is 0 Å². The molecule has 3 aromatic rings. The van der Waals surface area contributed by atoms with Crippen molar-refractivity contribution in [1.29, 1.82) is 0 Å². The van der Waals surface area contributed by atoms with Gasteiger partial charge >= 0.3 is 0 Å². The van der Waals surface area contributed by atoms with Crippen molar-refractivity contribution in [2.45, 2.75) is 40.5 Å². The normalized spacial score (nSPS) is 14.7. The van der Waals surface area contributed by atoms with Gasteiger partial charge in [0, 0.05) is 56.6 Å². The largest absolute Gasteiger partial charge is 0.489 e. The molecule has 1 saturated heterocycles. The monoisotopic (exact) mass is 438 g/mol. The predicted octanol–water partition coefficient (Wildman–Crippen LogP) is 4.12. The van der Waals surface area contributed by atoms with Crippen molar-refractivity contribution >= 4 is 17.2 Å². The van der Waals surface area contributed by atoms with Crippen LogP contribution in [0.25, 0.3) is 0 Å². The lowest BCUT2D eigenvalue weighted by Crippen LogP contribution is -2.48. The van der Waals surface area contributed by atoms with Gasteiger partial charge in [0.25, 0.3) is 5.91 Å². The molecule has 0 saturated carbocycles. The second kappa shape index (κ2) is 9.66. The molecule has 0 unspecified atom stereocenters. The minimum Gasteiger partial charge on any atom is -0.489 e. The Balaban J connectivity index is 1.27. The van der Waals surface area contributed by atoms with Crippen LogP contribution < -0.4 is 4.74 Å². The van der Waals surface area contributed by atoms with E-state index in [2.05, 4.69) is 49.1 Å². The second-order valence-electron chi connectivity index (χ2n) is 8.15. The minimum absolute atomic E-state index is 0.126. The van der Waals surface area contributed by atoms with Gasteiger partial charge in [-0.15, -0.1) is 11.3 Å². The van der Waals surface area contributed by atoms with Gasteiger partial charge in [-0.2, -0.15) is 5.10 Å². The Morgan fingerprint density at radius 3 is 2.65 bits per heavy atom. The lowest BCUT2D eigenvalue weighted by atomic mass is 10.1. The number of nitrogens with zero attached hydrogens (tertiary/aromatic N) is 4. The SMILES string of the molecule is CCn1cc(CN2CCN(C(=O)c3cc(COc4ccc(C)cc4C)cs3)CC2)cn1. The molecule has 1 aliphatic heterocycles. The second-order valence-corrected chi connectivity index (χ2v) is 9.06. The summed E-state index contributed by atoms with van der Waals surface area (Å²) < 4.78 is 7.92. The lowest BCUT2D eigenvalue weighted by molar-refractivity contribution is 0.0633. The Hall–Kier alpha value is -2.64. The van der Waals surface area contributed by atoms with Crippen LogP contribution in [0, 0.1) is 13.8 Å². The molecule has 0 N–H and O–H groups in total. The van der Waals surface area contributed by atoms with Crippen molar-refractivity contribution in [2.75, 3.05) is 26.2 Å². The number of thiophene rings is 1. The van der Waals surface area contributed by atoms with Crippen LogP contribution in [-0.2, 0) is 19.7 Å². The molecule has 164 valence electrons. The van der Waals surface area contributed by atoms with E-state index in [4.69, 9.17) is 4.74 Å². The Labute approximate surface area is 188 Å². The number of benzene rings is 1. The van der Waals surface area contributed by atoms with E-state index >= 15 is 0 Å². The number of carbonyl (C=O) groups is 1. The fourth-order valence-corrected chi connectivity index (χ4v) is 4.73. The predicted molar refractivity (Wildman–Crippen MR) is 124 cm³/mol. The first kappa shape index (κ1) is 21.6. The van der Waals surface area contributed by atoms with E-state index in [-0.39, 0.29) is 5.91 Å². The Morgan fingerprint density at radius 2 is 1.94 bits per heavy atom. The van der Waals surface area contributed by atoms with E-state index < -0.39 is 0 Å². The molecule has 1 aliphatic rings. The standard InChI is InChI=1S/C24H30N4O2S/c1-4-28-15-21(13-25-28)14-26-7-9-27(10-8-26)24(29)23-12-20(17-31-23)16-30-22-6-5-18(2)11-19(22)3/h5-6,11-13,15,17H,4,7-10,14,16H2,1-3H3. The first-order chi connectivity index (χ1) is 15.0. The van der Waals surface area contributed by atoms with Crippen molar-refractivity contribution < 1.29 is 9.53 Å². The molecule has 1 aromatic carbocycles. The minimum atomic E-state index is 0.126. The van der Waals surface area contributed by atoms with E-state index in [9.17, 15) is 4.79 Å². The van der Waals surface area contributed by atoms with Crippen LogP contribution in [0.4, 0.5) is 0 Å². The number of piperazine rings is 1. The van der Waals surface area contributed by atoms with Crippen molar-refractivity contribution in [3.63, 3.8) is 0 Å². The molecule has 3 heterocycles. The summed E-state index contributed by atoms with van der Waals surface area (Å²) in [4.78, 5) is 18.1. The summed E-state index contributed by atoms with van der Waals surface area (Å²) in [6, 6.07) is 8.16. The molecule has 1 amide bonds. The highest BCUT2D eigenvalue weighted by atomic mass is 32.1. The number of hydrogen-bond donors (Lipinski definition) is 0. The average Bonchev–Trinajstić information content (AvgIpc) is 3.43. The van der Waals surface area contributed by atoms with Crippen molar-refractivity contribution in [1.82, 2.24) is 19.6 Å². The summed E-state index contributed by atoms with van der Waals surface area (Å²) in [6.45, 7) is 11.8. The molecule has 6 nitrogen and oxygen atoms in total. The van der Waals surface area contributed by atoms with E-state index in [1.165, 1.54) is 22.5 Å². The molecule has 0 atom stereocenters. The molecule has 4 rings (SSSR count). The number of ether oxygens (including phenoxy) is 1. The topological polar surface area (TPSA) is 50.6 Å². The molecule has 0 bridgehead atoms. The zero-order valence-corrected chi connectivity index (χ0v) is 19.3. The van der Waals surface area contributed by atoms with Gasteiger partial charge in [0.15, 0.2) is 0 Å². The quantitative estimate of drug-likeness (QED) is 0.557. The van der Waals surface area contributed by atoms with E-state index in [0.717, 1.165) is 61.0 Å². The maximum atomic E-state index is 12.9. The van der Waals surface area contributed by atoms with E-state index in [1.807, 2.05) is 33.3 Å². The lowest BCUT2D eigenvalue weighted by Gasteiger charge is -2.34. The molecule has 2 aromatic heterocycles. The first-order valence-corrected chi connectivity index (χ1v) is 11.7. The van der Waals surface area contributed by atoms with Crippen molar-refractivity contribution in [2.24, 2.45) is 0 Å². The Morgan fingerprint density at radius 1 is 1.13 bits per heavy atom. The number of hydrogen-bond acceptors (Lipinski definition) is 5. The highest BCUT2D eigenvalue weighted by Crippen LogP contribution is 2.23. The number of carbonyl (C=O) groups excluding carboxylic acids is 1. The molecule has 1 fully saturated rings. The maximum absolute atomic E-state index is 12.9. The van der Waals surface area contributed by atoms with Crippen LogP contribution in [0.5, 0.6) is 5.75 Å². The third-order valence-corrected chi connectivity index (χ3v) is 6.63. The van der Waals surface area contributed by atoms with Crippen LogP contribution in [-0.4, -0.2) is 51.7 Å². The fraction of sp³-hybridized carbons (Fsp3) is 0.417. The highest BCUT2D eigenvalue weighted by molar-refractivity contribution is 7.12. The van der Waals surface area contributed by atoms with Gasteiger partial charge in [-0.1, -0.05) is 17.7 Å². The summed E-state index contributed by atoms with van der Waals surface area (Å²) in [7, 11) is 0. The Bertz CT molecular complexity index is 1030. The van der Waals surface area contributed by atoms with Crippen LogP contribution in [0.2, 0.25) is 0 Å². The zero-order chi connectivity index (χ0) is 21.8. The van der Waals surface area contributed by atoms with Gasteiger partial charge in [-0.05, 0) is 43.8 Å². The van der Waals surface area contributed by atoms with Gasteiger partial charge in [-0.25, -0.2) is 0 Å². The molecule has 0 spiro atoms. The zero-order valence-electron chi connectivity index (χ0n) is 18.5. The summed E-state index contributed by atoms with van der Waals surface area (Å²) in [5, 5.41) is 6.37. The summed E-state index contributed by atoms with van der Waals surface area (Å²) in [5.41, 5.74) is 4.63. The van der Waals surface area contributed by atoms with Crippen LogP contribution >= 0.6 is 11.3 Å². The average molecular weight is 439 g/mol. The molecular weight excluding hydrogens is 408 g/mol.